The summed E-state index contributed by atoms with van der Waals surface area (Å²) in [5.41, 5.74) is 9.93. The van der Waals surface area contributed by atoms with Crippen LogP contribution in [-0.2, 0) is 11.2 Å². The molecule has 7 heteroatoms. The summed E-state index contributed by atoms with van der Waals surface area (Å²) < 4.78 is 0. The van der Waals surface area contributed by atoms with Crippen LogP contribution in [0.5, 0.6) is 0 Å². The van der Waals surface area contributed by atoms with E-state index in [2.05, 4.69) is 17.9 Å². The van der Waals surface area contributed by atoms with Gasteiger partial charge in [0.25, 0.3) is 0 Å². The summed E-state index contributed by atoms with van der Waals surface area (Å²) in [6.07, 6.45) is 5.38. The van der Waals surface area contributed by atoms with Crippen molar-refractivity contribution < 1.29 is 9.90 Å². The summed E-state index contributed by atoms with van der Waals surface area (Å²) in [4.78, 5) is 15.9. The van der Waals surface area contributed by atoms with Crippen LogP contribution in [0.1, 0.15) is 58.3 Å². The van der Waals surface area contributed by atoms with E-state index in [-0.39, 0.29) is 6.61 Å². The van der Waals surface area contributed by atoms with Crippen molar-refractivity contribution in [2.24, 2.45) is 11.6 Å². The highest BCUT2D eigenvalue weighted by Crippen LogP contribution is 2.25. The second kappa shape index (κ2) is 14.0. The lowest BCUT2D eigenvalue weighted by Gasteiger charge is -2.30. The Morgan fingerprint density at radius 1 is 1.30 bits per heavy atom. The fraction of sp³-hybridized carbons (Fsp3) is 0.600. The topological polar surface area (TPSA) is 109 Å². The molecule has 1 aromatic rings. The lowest BCUT2D eigenvalue weighted by Crippen LogP contribution is -2.31. The summed E-state index contributed by atoms with van der Waals surface area (Å²) in [5, 5.41) is 10.8. The fourth-order valence-corrected chi connectivity index (χ4v) is 2.86. The number of anilines is 1. The van der Waals surface area contributed by atoms with Crippen molar-refractivity contribution in [3.8, 4) is 0 Å². The van der Waals surface area contributed by atoms with E-state index in [0.29, 0.717) is 17.1 Å². The molecule has 0 unspecified atom stereocenters. The van der Waals surface area contributed by atoms with E-state index < -0.39 is 0 Å². The standard InChI is InChI=1S/C16H27N5O.C2H4O.C2H6/c1-3-12-14(21-9-5-4-6-10-21)8-7-13(19-12)16(17)15(11-22)20(2)18;1-2-3;1-2/h7-8,22H,3-6,9-11,17-18H2,1-2H3;2H,1H3;1-2H3/b16-15-;;. The average molecular weight is 380 g/mol. The summed E-state index contributed by atoms with van der Waals surface area (Å²) in [6, 6.07) is 4.00. The molecule has 27 heavy (non-hydrogen) atoms. The first-order valence-corrected chi connectivity index (χ1v) is 9.73. The minimum Gasteiger partial charge on any atom is -0.395 e. The lowest BCUT2D eigenvalue weighted by molar-refractivity contribution is -0.106. The molecule has 0 saturated carbocycles. The predicted molar refractivity (Wildman–Crippen MR) is 113 cm³/mol. The van der Waals surface area contributed by atoms with Crippen LogP contribution in [0.3, 0.4) is 0 Å². The highest BCUT2D eigenvalue weighted by Gasteiger charge is 2.17. The maximum atomic E-state index is 9.42. The van der Waals surface area contributed by atoms with Gasteiger partial charge in [-0.15, -0.1) is 0 Å². The summed E-state index contributed by atoms with van der Waals surface area (Å²) in [7, 11) is 1.65. The van der Waals surface area contributed by atoms with Gasteiger partial charge in [-0.1, -0.05) is 20.8 Å². The highest BCUT2D eigenvalue weighted by molar-refractivity contribution is 5.65. The number of aromatic nitrogens is 1. The third-order valence-electron chi connectivity index (χ3n) is 4.14. The van der Waals surface area contributed by atoms with E-state index in [1.165, 1.54) is 36.9 Å². The van der Waals surface area contributed by atoms with Crippen molar-refractivity contribution in [1.82, 2.24) is 9.99 Å². The van der Waals surface area contributed by atoms with E-state index in [1.54, 1.807) is 7.05 Å². The van der Waals surface area contributed by atoms with Crippen LogP contribution < -0.4 is 16.5 Å². The Bertz CT molecular complexity index is 582. The molecule has 1 aromatic heterocycles. The molecular weight excluding hydrogens is 342 g/mol. The van der Waals surface area contributed by atoms with Crippen molar-refractivity contribution in [3.05, 3.63) is 29.2 Å². The molecule has 1 saturated heterocycles. The highest BCUT2D eigenvalue weighted by atomic mass is 16.3. The number of carbonyl (C=O) groups is 1. The number of hydrazine groups is 1. The first-order chi connectivity index (χ1) is 13.0. The minimum atomic E-state index is -0.212. The molecule has 1 fully saturated rings. The molecule has 1 aliphatic rings. The normalized spacial score (nSPS) is 14.1. The maximum Gasteiger partial charge on any atom is 0.116 e. The van der Waals surface area contributed by atoms with Crippen LogP contribution >= 0.6 is 0 Å². The van der Waals surface area contributed by atoms with Gasteiger partial charge in [0.05, 0.1) is 35.1 Å². The van der Waals surface area contributed by atoms with Gasteiger partial charge in [-0.25, -0.2) is 10.8 Å². The Morgan fingerprint density at radius 2 is 1.85 bits per heavy atom. The average Bonchev–Trinajstić information content (AvgIpc) is 2.70. The van der Waals surface area contributed by atoms with Gasteiger partial charge in [0.15, 0.2) is 0 Å². The zero-order chi connectivity index (χ0) is 20.8. The smallest absolute Gasteiger partial charge is 0.116 e. The van der Waals surface area contributed by atoms with Crippen LogP contribution in [0.2, 0.25) is 0 Å². The Kier molecular flexibility index (Phi) is 12.9. The third-order valence-corrected chi connectivity index (χ3v) is 4.14. The number of aryl methyl sites for hydroxylation is 1. The summed E-state index contributed by atoms with van der Waals surface area (Å²) in [6.45, 7) is 9.51. The molecule has 0 aromatic carbocycles. The zero-order valence-electron chi connectivity index (χ0n) is 17.5. The van der Waals surface area contributed by atoms with E-state index in [0.717, 1.165) is 31.5 Å². The van der Waals surface area contributed by atoms with Crippen LogP contribution in [0.15, 0.2) is 17.8 Å². The molecule has 0 radical (unpaired) electrons. The molecule has 0 bridgehead atoms. The number of piperidine rings is 1. The van der Waals surface area contributed by atoms with Crippen molar-refractivity contribution >= 4 is 17.7 Å². The number of hydrogen-bond donors (Lipinski definition) is 3. The molecule has 0 atom stereocenters. The Labute approximate surface area is 164 Å². The number of carbonyl (C=O) groups excluding carboxylic acids is 1. The number of hydrogen-bond acceptors (Lipinski definition) is 7. The fourth-order valence-electron chi connectivity index (χ4n) is 2.86. The molecule has 154 valence electrons. The number of nitrogens with two attached hydrogens (primary N) is 2. The second-order valence-electron chi connectivity index (χ2n) is 5.93. The molecule has 0 aliphatic carbocycles. The summed E-state index contributed by atoms with van der Waals surface area (Å²) >= 11 is 0. The van der Waals surface area contributed by atoms with Crippen LogP contribution in [0, 0.1) is 0 Å². The number of likely N-dealkylation sites (N-methyl/N-ethyl adjacent to an activating group) is 1. The van der Waals surface area contributed by atoms with E-state index in [9.17, 15) is 5.11 Å². The van der Waals surface area contributed by atoms with Gasteiger partial charge >= 0.3 is 0 Å². The number of rotatable bonds is 5. The van der Waals surface area contributed by atoms with Crippen LogP contribution in [0.4, 0.5) is 5.69 Å². The summed E-state index contributed by atoms with van der Waals surface area (Å²) in [5.74, 6) is 5.70. The first-order valence-electron chi connectivity index (χ1n) is 9.73. The van der Waals surface area contributed by atoms with Gasteiger partial charge in [-0.05, 0) is 44.7 Å². The Hall–Kier alpha value is -2.12. The van der Waals surface area contributed by atoms with Gasteiger partial charge < -0.3 is 25.5 Å². The van der Waals surface area contributed by atoms with Gasteiger partial charge in [0.1, 0.15) is 6.29 Å². The Balaban J connectivity index is 0.00000123. The minimum absolute atomic E-state index is 0.212. The van der Waals surface area contributed by atoms with Crippen LogP contribution in [-0.4, -0.2) is 48.1 Å². The third kappa shape index (κ3) is 7.56. The van der Waals surface area contributed by atoms with Crippen molar-refractivity contribution in [3.63, 3.8) is 0 Å². The first kappa shape index (κ1) is 24.9. The van der Waals surface area contributed by atoms with Crippen molar-refractivity contribution in [1.29, 1.82) is 0 Å². The van der Waals surface area contributed by atoms with Gasteiger partial charge in [0.2, 0.25) is 0 Å². The van der Waals surface area contributed by atoms with Gasteiger partial charge in [0, 0.05) is 20.1 Å². The van der Waals surface area contributed by atoms with E-state index >= 15 is 0 Å². The molecule has 2 rings (SSSR count). The molecular formula is C20H37N5O2. The monoisotopic (exact) mass is 379 g/mol. The molecule has 2 heterocycles. The number of aliphatic hydroxyl groups excluding tert-OH is 1. The molecule has 5 N–H and O–H groups in total. The molecule has 0 amide bonds. The van der Waals surface area contributed by atoms with Crippen LogP contribution in [0.25, 0.3) is 5.70 Å². The maximum absolute atomic E-state index is 9.42. The number of aliphatic hydroxyl groups is 1. The predicted octanol–water partition coefficient (Wildman–Crippen LogP) is 2.29. The van der Waals surface area contributed by atoms with E-state index in [4.69, 9.17) is 21.4 Å². The van der Waals surface area contributed by atoms with E-state index in [1.807, 2.05) is 19.9 Å². The SMILES string of the molecule is CC.CC=O.CCc1nc(/C(N)=C(\CO)N(C)N)ccc1N1CCCCC1. The lowest BCUT2D eigenvalue weighted by atomic mass is 10.1. The molecule has 7 nitrogen and oxygen atoms in total. The second-order valence-corrected chi connectivity index (χ2v) is 5.93. The van der Waals surface area contributed by atoms with Crippen molar-refractivity contribution in [2.45, 2.75) is 53.4 Å². The van der Waals surface area contributed by atoms with Crippen molar-refractivity contribution in [2.75, 3.05) is 31.6 Å². The number of pyridine rings is 1. The quantitative estimate of drug-likeness (QED) is 0.409. The van der Waals surface area contributed by atoms with Gasteiger partial charge in [-0.2, -0.15) is 0 Å². The van der Waals surface area contributed by atoms with Gasteiger partial charge in [-0.3, -0.25) is 0 Å². The Morgan fingerprint density at radius 3 is 2.30 bits per heavy atom. The number of nitrogens with zero attached hydrogens (tertiary/aromatic N) is 3. The molecule has 0 spiro atoms. The zero-order valence-corrected chi connectivity index (χ0v) is 17.5. The molecule has 1 aliphatic heterocycles. The largest absolute Gasteiger partial charge is 0.395 e. The number of aldehydes is 1.